The second kappa shape index (κ2) is 4.01. The number of β-amino-alcohol motifs (C(OH)–C–C–N with tert-alkyl or cyclic N) is 2. The average Bonchev–Trinajstić information content (AvgIpc) is 2.74. The van der Waals surface area contributed by atoms with Crippen molar-refractivity contribution in [1.29, 1.82) is 0 Å². The lowest BCUT2D eigenvalue weighted by molar-refractivity contribution is 0.0572. The summed E-state index contributed by atoms with van der Waals surface area (Å²) < 4.78 is 0.193. The van der Waals surface area contributed by atoms with Gasteiger partial charge >= 0.3 is 0 Å². The van der Waals surface area contributed by atoms with E-state index in [-0.39, 0.29) is 28.5 Å². The maximum atomic E-state index is 11.7. The largest absolute Gasteiger partial charge is 0.388 e. The summed E-state index contributed by atoms with van der Waals surface area (Å²) >= 11 is 6.52. The van der Waals surface area contributed by atoms with Crippen LogP contribution in [0.5, 0.6) is 0 Å². The van der Waals surface area contributed by atoms with Gasteiger partial charge in [0.05, 0.1) is 12.2 Å². The average molecular weight is 250 g/mol. The number of hydrogen-bond donors (Lipinski definition) is 2. The van der Waals surface area contributed by atoms with E-state index in [0.29, 0.717) is 0 Å². The molecule has 1 fully saturated rings. The quantitative estimate of drug-likeness (QED) is 0.692. The zero-order chi connectivity index (χ0) is 11.0. The lowest BCUT2D eigenvalue weighted by atomic mass is 10.3. The zero-order valence-electron chi connectivity index (χ0n) is 7.50. The van der Waals surface area contributed by atoms with Crippen LogP contribution in [0.15, 0.2) is 0 Å². The molecule has 0 aromatic carbocycles. The van der Waals surface area contributed by atoms with E-state index in [0.717, 1.165) is 11.3 Å². The maximum absolute atomic E-state index is 11.7. The third-order valence-corrected chi connectivity index (χ3v) is 3.14. The molecule has 2 unspecified atom stereocenters. The molecule has 2 atom stereocenters. The minimum Gasteiger partial charge on any atom is -0.388 e. The van der Waals surface area contributed by atoms with E-state index in [2.05, 4.69) is 10.2 Å². The molecule has 8 heteroatoms. The number of hydrogen-bond acceptors (Lipinski definition) is 6. The highest BCUT2D eigenvalue weighted by atomic mass is 35.5. The summed E-state index contributed by atoms with van der Waals surface area (Å²) in [4.78, 5) is 13.0. The topological polar surface area (TPSA) is 86.6 Å². The maximum Gasteiger partial charge on any atom is 0.285 e. The lowest BCUT2D eigenvalue weighted by Gasteiger charge is -2.12. The molecule has 1 amide bonds. The van der Waals surface area contributed by atoms with Gasteiger partial charge in [0.2, 0.25) is 9.47 Å². The number of rotatable bonds is 1. The summed E-state index contributed by atoms with van der Waals surface area (Å²) in [7, 11) is 0. The summed E-state index contributed by atoms with van der Waals surface area (Å²) in [6.07, 6.45) is -1.78. The van der Waals surface area contributed by atoms with Crippen molar-refractivity contribution in [2.45, 2.75) is 12.2 Å². The molecule has 0 spiro atoms. The Morgan fingerprint density at radius 3 is 2.47 bits per heavy atom. The van der Waals surface area contributed by atoms with Crippen LogP contribution in [-0.2, 0) is 0 Å². The predicted octanol–water partition coefficient (Wildman–Crippen LogP) is -0.631. The van der Waals surface area contributed by atoms with Gasteiger partial charge in [-0.25, -0.2) is 0 Å². The summed E-state index contributed by atoms with van der Waals surface area (Å²) in [6.45, 7) is 0.217. The van der Waals surface area contributed by atoms with E-state index in [1.54, 1.807) is 0 Å². The van der Waals surface area contributed by atoms with Gasteiger partial charge in [-0.1, -0.05) is 11.3 Å². The van der Waals surface area contributed by atoms with Crippen LogP contribution < -0.4 is 0 Å². The van der Waals surface area contributed by atoms with Gasteiger partial charge in [0, 0.05) is 13.1 Å². The van der Waals surface area contributed by atoms with Gasteiger partial charge in [0.25, 0.3) is 5.91 Å². The van der Waals surface area contributed by atoms with Crippen LogP contribution in [-0.4, -0.2) is 56.5 Å². The highest BCUT2D eigenvalue weighted by Crippen LogP contribution is 2.19. The molecule has 1 saturated heterocycles. The highest BCUT2D eigenvalue weighted by Gasteiger charge is 2.34. The van der Waals surface area contributed by atoms with E-state index < -0.39 is 12.2 Å². The third kappa shape index (κ3) is 2.10. The Hall–Kier alpha value is -0.760. The Balaban J connectivity index is 2.10. The number of halogens is 1. The van der Waals surface area contributed by atoms with E-state index in [1.165, 1.54) is 4.90 Å². The Morgan fingerprint density at radius 2 is 2.00 bits per heavy atom. The summed E-state index contributed by atoms with van der Waals surface area (Å²) in [6, 6.07) is 0. The molecule has 1 aromatic heterocycles. The fourth-order valence-corrected chi connectivity index (χ4v) is 2.16. The van der Waals surface area contributed by atoms with E-state index >= 15 is 0 Å². The van der Waals surface area contributed by atoms with E-state index in [4.69, 9.17) is 11.6 Å². The second-order valence-electron chi connectivity index (χ2n) is 3.20. The summed E-state index contributed by atoms with van der Waals surface area (Å²) in [5.41, 5.74) is 0. The number of carbonyl (C=O) groups excluding carboxylic acids is 1. The van der Waals surface area contributed by atoms with E-state index in [1.807, 2.05) is 0 Å². The number of carbonyl (C=O) groups is 1. The third-order valence-electron chi connectivity index (χ3n) is 2.13. The molecule has 6 nitrogen and oxygen atoms in total. The van der Waals surface area contributed by atoms with Crippen LogP contribution >= 0.6 is 22.9 Å². The SMILES string of the molecule is O=C(c1nnc(Cl)s1)N1CC(O)C(O)C1. The number of aliphatic hydroxyl groups excluding tert-OH is 2. The number of aromatic nitrogens is 2. The van der Waals surface area contributed by atoms with Crippen LogP contribution in [0.4, 0.5) is 0 Å². The first kappa shape index (κ1) is 10.7. The molecule has 0 saturated carbocycles. The first-order valence-electron chi connectivity index (χ1n) is 4.22. The van der Waals surface area contributed by atoms with Crippen LogP contribution in [0.3, 0.4) is 0 Å². The normalized spacial score (nSPS) is 25.9. The van der Waals surface area contributed by atoms with Gasteiger partial charge in [-0.05, 0) is 11.6 Å². The number of nitrogens with zero attached hydrogens (tertiary/aromatic N) is 3. The van der Waals surface area contributed by atoms with Crippen LogP contribution in [0, 0.1) is 0 Å². The fourth-order valence-electron chi connectivity index (χ4n) is 1.36. The fraction of sp³-hybridized carbons (Fsp3) is 0.571. The summed E-state index contributed by atoms with van der Waals surface area (Å²) in [5, 5.41) is 25.8. The second-order valence-corrected chi connectivity index (χ2v) is 4.76. The molecule has 15 heavy (non-hydrogen) atoms. The smallest absolute Gasteiger partial charge is 0.285 e. The van der Waals surface area contributed by atoms with Gasteiger partial charge in [0.1, 0.15) is 0 Å². The first-order chi connectivity index (χ1) is 7.08. The van der Waals surface area contributed by atoms with Gasteiger partial charge in [-0.3, -0.25) is 4.79 Å². The van der Waals surface area contributed by atoms with E-state index in [9.17, 15) is 15.0 Å². The van der Waals surface area contributed by atoms with Crippen LogP contribution in [0.25, 0.3) is 0 Å². The Bertz CT molecular complexity index is 375. The van der Waals surface area contributed by atoms with Gasteiger partial charge in [0.15, 0.2) is 0 Å². The molecule has 1 aromatic rings. The molecule has 0 bridgehead atoms. The molecular weight excluding hydrogens is 242 g/mol. The van der Waals surface area contributed by atoms with Crippen molar-refractivity contribution in [3.05, 3.63) is 9.47 Å². The lowest BCUT2D eigenvalue weighted by Crippen LogP contribution is -2.29. The van der Waals surface area contributed by atoms with Crippen molar-refractivity contribution in [2.75, 3.05) is 13.1 Å². The predicted molar refractivity (Wildman–Crippen MR) is 52.8 cm³/mol. The highest BCUT2D eigenvalue weighted by molar-refractivity contribution is 7.17. The molecule has 2 N–H and O–H groups in total. The molecule has 2 heterocycles. The molecule has 0 aliphatic carbocycles. The first-order valence-corrected chi connectivity index (χ1v) is 5.42. The standard InChI is InChI=1S/C7H8ClN3O3S/c8-7-10-9-5(15-7)6(14)11-1-3(12)4(13)2-11/h3-4,12-13H,1-2H2. The minimum absolute atomic E-state index is 0.108. The number of amides is 1. The van der Waals surface area contributed by atoms with Gasteiger partial charge in [-0.2, -0.15) is 0 Å². The van der Waals surface area contributed by atoms with Gasteiger partial charge < -0.3 is 15.1 Å². The minimum atomic E-state index is -0.891. The van der Waals surface area contributed by atoms with Crippen molar-refractivity contribution in [3.8, 4) is 0 Å². The van der Waals surface area contributed by atoms with Crippen molar-refractivity contribution >= 4 is 28.8 Å². The van der Waals surface area contributed by atoms with Gasteiger partial charge in [-0.15, -0.1) is 10.2 Å². The molecule has 82 valence electrons. The zero-order valence-corrected chi connectivity index (χ0v) is 9.07. The van der Waals surface area contributed by atoms with Crippen molar-refractivity contribution < 1.29 is 15.0 Å². The molecule has 1 aliphatic heterocycles. The van der Waals surface area contributed by atoms with Crippen LogP contribution in [0.1, 0.15) is 9.80 Å². The van der Waals surface area contributed by atoms with Crippen LogP contribution in [0.2, 0.25) is 4.47 Å². The van der Waals surface area contributed by atoms with Crippen molar-refractivity contribution in [2.24, 2.45) is 0 Å². The number of likely N-dealkylation sites (tertiary alicyclic amines) is 1. The number of aliphatic hydroxyl groups is 2. The van der Waals surface area contributed by atoms with Crippen molar-refractivity contribution in [3.63, 3.8) is 0 Å². The Kier molecular flexibility index (Phi) is 2.87. The molecule has 0 radical (unpaired) electrons. The molecular formula is C7H8ClN3O3S. The van der Waals surface area contributed by atoms with Crippen molar-refractivity contribution in [1.82, 2.24) is 15.1 Å². The summed E-state index contributed by atoms with van der Waals surface area (Å²) in [5.74, 6) is -0.366. The Labute approximate surface area is 94.1 Å². The Morgan fingerprint density at radius 1 is 1.40 bits per heavy atom. The molecule has 1 aliphatic rings. The molecule has 2 rings (SSSR count). The monoisotopic (exact) mass is 249 g/mol.